The fraction of sp³-hybridized carbons (Fsp3) is 0.214. The third-order valence-corrected chi connectivity index (χ3v) is 2.51. The Balaban J connectivity index is 0.00000144. The highest BCUT2D eigenvalue weighted by Crippen LogP contribution is 1.99. The minimum Gasteiger partial charge on any atom is -0.312 e. The van der Waals surface area contributed by atoms with Crippen molar-refractivity contribution < 1.29 is 0 Å². The third-order valence-electron chi connectivity index (χ3n) is 2.51. The Kier molecular flexibility index (Phi) is 6.30. The SMILES string of the molecule is Cl.c1ccc(CCNCc2ccncc2)cc1. The van der Waals surface area contributed by atoms with E-state index in [9.17, 15) is 0 Å². The number of hydrogen-bond acceptors (Lipinski definition) is 2. The highest BCUT2D eigenvalue weighted by Gasteiger charge is 1.92. The van der Waals surface area contributed by atoms with Gasteiger partial charge >= 0.3 is 0 Å². The van der Waals surface area contributed by atoms with Crippen LogP contribution >= 0.6 is 12.4 Å². The zero-order chi connectivity index (χ0) is 11.1. The number of rotatable bonds is 5. The molecule has 0 aliphatic rings. The van der Waals surface area contributed by atoms with Crippen molar-refractivity contribution in [3.8, 4) is 0 Å². The second-order valence-electron chi connectivity index (χ2n) is 3.77. The standard InChI is InChI=1S/C14H16N2.ClH/c1-2-4-13(5-3-1)6-11-16-12-14-7-9-15-10-8-14;/h1-5,7-10,16H,6,11-12H2;1H. The summed E-state index contributed by atoms with van der Waals surface area (Å²) >= 11 is 0. The largest absolute Gasteiger partial charge is 0.312 e. The zero-order valence-corrected chi connectivity index (χ0v) is 10.5. The average molecular weight is 249 g/mol. The first kappa shape index (κ1) is 13.7. The highest BCUT2D eigenvalue weighted by molar-refractivity contribution is 5.85. The van der Waals surface area contributed by atoms with Gasteiger partial charge in [0.25, 0.3) is 0 Å². The molecule has 2 rings (SSSR count). The summed E-state index contributed by atoms with van der Waals surface area (Å²) in [4.78, 5) is 3.99. The average Bonchev–Trinajstić information content (AvgIpc) is 2.37. The number of halogens is 1. The van der Waals surface area contributed by atoms with Gasteiger partial charge in [-0.15, -0.1) is 12.4 Å². The van der Waals surface area contributed by atoms with Gasteiger partial charge in [-0.1, -0.05) is 30.3 Å². The van der Waals surface area contributed by atoms with Gasteiger partial charge in [0.1, 0.15) is 0 Å². The van der Waals surface area contributed by atoms with Crippen LogP contribution in [0, 0.1) is 0 Å². The smallest absolute Gasteiger partial charge is 0.0271 e. The van der Waals surface area contributed by atoms with E-state index in [0.717, 1.165) is 19.5 Å². The summed E-state index contributed by atoms with van der Waals surface area (Å²) in [6.07, 6.45) is 4.73. The van der Waals surface area contributed by atoms with Crippen LogP contribution in [-0.4, -0.2) is 11.5 Å². The van der Waals surface area contributed by atoms with E-state index in [4.69, 9.17) is 0 Å². The normalized spacial score (nSPS) is 9.65. The predicted molar refractivity (Wildman–Crippen MR) is 73.3 cm³/mol. The van der Waals surface area contributed by atoms with E-state index in [2.05, 4.69) is 34.6 Å². The third kappa shape index (κ3) is 4.98. The van der Waals surface area contributed by atoms with Crippen LogP contribution < -0.4 is 5.32 Å². The van der Waals surface area contributed by atoms with E-state index in [1.54, 1.807) is 0 Å². The monoisotopic (exact) mass is 248 g/mol. The van der Waals surface area contributed by atoms with Crippen LogP contribution in [0.5, 0.6) is 0 Å². The first-order valence-corrected chi connectivity index (χ1v) is 5.59. The molecule has 1 N–H and O–H groups in total. The number of hydrogen-bond donors (Lipinski definition) is 1. The molecular formula is C14H17ClN2. The maximum atomic E-state index is 3.99. The molecular weight excluding hydrogens is 232 g/mol. The second kappa shape index (κ2) is 7.82. The minimum absolute atomic E-state index is 0. The lowest BCUT2D eigenvalue weighted by molar-refractivity contribution is 0.686. The second-order valence-corrected chi connectivity index (χ2v) is 3.77. The molecule has 0 aliphatic carbocycles. The molecule has 0 fully saturated rings. The molecule has 2 aromatic rings. The van der Waals surface area contributed by atoms with E-state index >= 15 is 0 Å². The van der Waals surface area contributed by atoms with E-state index in [-0.39, 0.29) is 12.4 Å². The summed E-state index contributed by atoms with van der Waals surface area (Å²) in [5.41, 5.74) is 2.66. The lowest BCUT2D eigenvalue weighted by atomic mass is 10.1. The molecule has 1 heterocycles. The topological polar surface area (TPSA) is 24.9 Å². The van der Waals surface area contributed by atoms with E-state index < -0.39 is 0 Å². The molecule has 0 bridgehead atoms. The van der Waals surface area contributed by atoms with Crippen LogP contribution in [0.1, 0.15) is 11.1 Å². The van der Waals surface area contributed by atoms with Gasteiger partial charge in [0, 0.05) is 18.9 Å². The molecule has 0 saturated heterocycles. The zero-order valence-electron chi connectivity index (χ0n) is 9.67. The van der Waals surface area contributed by atoms with Crippen LogP contribution in [0.25, 0.3) is 0 Å². The van der Waals surface area contributed by atoms with Crippen LogP contribution in [-0.2, 0) is 13.0 Å². The van der Waals surface area contributed by atoms with Crippen LogP contribution in [0.4, 0.5) is 0 Å². The van der Waals surface area contributed by atoms with Crippen LogP contribution in [0.2, 0.25) is 0 Å². The molecule has 1 aromatic carbocycles. The Hall–Kier alpha value is -1.38. The summed E-state index contributed by atoms with van der Waals surface area (Å²) < 4.78 is 0. The first-order chi connectivity index (χ1) is 7.95. The van der Waals surface area contributed by atoms with Gasteiger partial charge in [-0.2, -0.15) is 0 Å². The quantitative estimate of drug-likeness (QED) is 0.824. The molecule has 0 atom stereocenters. The van der Waals surface area contributed by atoms with Crippen molar-refractivity contribution in [2.24, 2.45) is 0 Å². The predicted octanol–water partition coefficient (Wildman–Crippen LogP) is 2.84. The number of nitrogens with one attached hydrogen (secondary N) is 1. The Morgan fingerprint density at radius 2 is 1.59 bits per heavy atom. The number of nitrogens with zero attached hydrogens (tertiary/aromatic N) is 1. The van der Waals surface area contributed by atoms with Crippen LogP contribution in [0.3, 0.4) is 0 Å². The fourth-order valence-corrected chi connectivity index (χ4v) is 1.61. The molecule has 0 spiro atoms. The lowest BCUT2D eigenvalue weighted by Crippen LogP contribution is -2.16. The van der Waals surface area contributed by atoms with Crippen molar-refractivity contribution >= 4 is 12.4 Å². The molecule has 3 heteroatoms. The van der Waals surface area contributed by atoms with Gasteiger partial charge < -0.3 is 5.32 Å². The Labute approximate surface area is 109 Å². The van der Waals surface area contributed by atoms with Crippen LogP contribution in [0.15, 0.2) is 54.9 Å². The lowest BCUT2D eigenvalue weighted by Gasteiger charge is -2.04. The maximum Gasteiger partial charge on any atom is 0.0271 e. The number of aromatic nitrogens is 1. The van der Waals surface area contributed by atoms with Crippen molar-refractivity contribution in [2.75, 3.05) is 6.54 Å². The molecule has 17 heavy (non-hydrogen) atoms. The van der Waals surface area contributed by atoms with Crippen molar-refractivity contribution in [1.29, 1.82) is 0 Å². The maximum absolute atomic E-state index is 3.99. The number of benzene rings is 1. The molecule has 2 nitrogen and oxygen atoms in total. The molecule has 0 radical (unpaired) electrons. The van der Waals surface area contributed by atoms with Gasteiger partial charge in [0.2, 0.25) is 0 Å². The first-order valence-electron chi connectivity index (χ1n) is 5.59. The molecule has 0 saturated carbocycles. The van der Waals surface area contributed by atoms with Gasteiger partial charge in [0.05, 0.1) is 0 Å². The van der Waals surface area contributed by atoms with E-state index in [1.807, 2.05) is 30.6 Å². The molecule has 1 aromatic heterocycles. The molecule has 0 amide bonds. The highest BCUT2D eigenvalue weighted by atomic mass is 35.5. The van der Waals surface area contributed by atoms with Gasteiger partial charge in [-0.25, -0.2) is 0 Å². The van der Waals surface area contributed by atoms with Gasteiger partial charge in [-0.05, 0) is 36.2 Å². The van der Waals surface area contributed by atoms with Crippen molar-refractivity contribution in [1.82, 2.24) is 10.3 Å². The van der Waals surface area contributed by atoms with Crippen molar-refractivity contribution in [3.05, 3.63) is 66.0 Å². The fourth-order valence-electron chi connectivity index (χ4n) is 1.61. The summed E-state index contributed by atoms with van der Waals surface area (Å²) in [6.45, 7) is 1.92. The summed E-state index contributed by atoms with van der Waals surface area (Å²) in [7, 11) is 0. The van der Waals surface area contributed by atoms with E-state index in [0.29, 0.717) is 0 Å². The summed E-state index contributed by atoms with van der Waals surface area (Å²) in [6, 6.07) is 14.6. The molecule has 0 aliphatic heterocycles. The minimum atomic E-state index is 0. The Bertz CT molecular complexity index is 362. The Morgan fingerprint density at radius 3 is 2.29 bits per heavy atom. The van der Waals surface area contributed by atoms with Crippen molar-refractivity contribution in [2.45, 2.75) is 13.0 Å². The van der Waals surface area contributed by atoms with E-state index in [1.165, 1.54) is 11.1 Å². The van der Waals surface area contributed by atoms with Gasteiger partial charge in [0.15, 0.2) is 0 Å². The Morgan fingerprint density at radius 1 is 0.882 bits per heavy atom. The summed E-state index contributed by atoms with van der Waals surface area (Å²) in [5, 5.41) is 3.42. The summed E-state index contributed by atoms with van der Waals surface area (Å²) in [5.74, 6) is 0. The number of pyridine rings is 1. The van der Waals surface area contributed by atoms with Crippen molar-refractivity contribution in [3.63, 3.8) is 0 Å². The molecule has 90 valence electrons. The van der Waals surface area contributed by atoms with Gasteiger partial charge in [-0.3, -0.25) is 4.98 Å². The molecule has 0 unspecified atom stereocenters.